The van der Waals surface area contributed by atoms with E-state index in [1.54, 1.807) is 19.9 Å². The number of rotatable bonds is 7. The Hall–Kier alpha value is -2.32. The number of aromatic nitrogens is 1. The van der Waals surface area contributed by atoms with E-state index in [0.29, 0.717) is 17.3 Å². The molecule has 1 aliphatic rings. The van der Waals surface area contributed by atoms with Crippen LogP contribution in [0.4, 0.5) is 5.82 Å². The lowest BCUT2D eigenvalue weighted by atomic mass is 10.1. The van der Waals surface area contributed by atoms with Crippen molar-refractivity contribution in [2.24, 2.45) is 0 Å². The molecule has 0 spiro atoms. The number of nitrogens with zero attached hydrogens (tertiary/aromatic N) is 3. The van der Waals surface area contributed by atoms with Gasteiger partial charge >= 0.3 is 0 Å². The SMILES string of the molecule is Cc1ccc(CN2CCCN(C(=O)CSC(C)C(=O)Nc3cc(C)on3)CC2)cc1. The highest BCUT2D eigenvalue weighted by Gasteiger charge is 2.22. The molecule has 162 valence electrons. The third kappa shape index (κ3) is 6.60. The Balaban J connectivity index is 1.41. The molecule has 2 aromatic rings. The van der Waals surface area contributed by atoms with Crippen molar-refractivity contribution < 1.29 is 14.1 Å². The van der Waals surface area contributed by atoms with Crippen LogP contribution < -0.4 is 5.32 Å². The first-order chi connectivity index (χ1) is 14.4. The van der Waals surface area contributed by atoms with Crippen LogP contribution in [-0.2, 0) is 16.1 Å². The molecular weight excluding hydrogens is 400 g/mol. The third-order valence-corrected chi connectivity index (χ3v) is 6.30. The molecule has 1 aromatic heterocycles. The van der Waals surface area contributed by atoms with E-state index < -0.39 is 0 Å². The number of thioether (sulfide) groups is 1. The van der Waals surface area contributed by atoms with Gasteiger partial charge in [-0.3, -0.25) is 14.5 Å². The minimum atomic E-state index is -0.351. The van der Waals surface area contributed by atoms with Crippen LogP contribution in [0.3, 0.4) is 0 Å². The van der Waals surface area contributed by atoms with Gasteiger partial charge in [0.05, 0.1) is 11.0 Å². The van der Waals surface area contributed by atoms with Crippen molar-refractivity contribution >= 4 is 29.4 Å². The summed E-state index contributed by atoms with van der Waals surface area (Å²) in [6.45, 7) is 9.92. The van der Waals surface area contributed by atoms with Crippen LogP contribution in [0.15, 0.2) is 34.9 Å². The van der Waals surface area contributed by atoms with E-state index >= 15 is 0 Å². The highest BCUT2D eigenvalue weighted by atomic mass is 32.2. The lowest BCUT2D eigenvalue weighted by molar-refractivity contribution is -0.128. The normalized spacial score (nSPS) is 16.2. The minimum Gasteiger partial charge on any atom is -0.360 e. The van der Waals surface area contributed by atoms with Gasteiger partial charge in [-0.15, -0.1) is 11.8 Å². The molecule has 1 atom stereocenters. The number of hydrogen-bond acceptors (Lipinski definition) is 6. The van der Waals surface area contributed by atoms with Crippen molar-refractivity contribution in [1.29, 1.82) is 0 Å². The second-order valence-electron chi connectivity index (χ2n) is 7.76. The molecule has 0 radical (unpaired) electrons. The molecular formula is C22H30N4O3S. The van der Waals surface area contributed by atoms with Gasteiger partial charge in [0.1, 0.15) is 5.76 Å². The molecule has 1 fully saturated rings. The molecule has 1 aliphatic heterocycles. The summed E-state index contributed by atoms with van der Waals surface area (Å²) >= 11 is 1.35. The number of nitrogens with one attached hydrogen (secondary N) is 1. The summed E-state index contributed by atoms with van der Waals surface area (Å²) < 4.78 is 4.95. The molecule has 1 aromatic carbocycles. The lowest BCUT2D eigenvalue weighted by Gasteiger charge is -2.22. The average Bonchev–Trinajstić information content (AvgIpc) is 2.99. The van der Waals surface area contributed by atoms with E-state index in [1.807, 2.05) is 4.90 Å². The van der Waals surface area contributed by atoms with Gasteiger partial charge < -0.3 is 14.7 Å². The average molecular weight is 431 g/mol. The highest BCUT2D eigenvalue weighted by Crippen LogP contribution is 2.16. The number of carbonyl (C=O) groups is 2. The molecule has 3 rings (SSSR count). The standard InChI is InChI=1S/C22H30N4O3S/c1-16-5-7-19(8-6-16)14-25-9-4-10-26(12-11-25)21(27)15-30-18(3)22(28)23-20-13-17(2)29-24-20/h5-8,13,18H,4,9-12,14-15H2,1-3H3,(H,23,24,28). The summed E-state index contributed by atoms with van der Waals surface area (Å²) in [5, 5.41) is 6.12. The molecule has 0 aliphatic carbocycles. The van der Waals surface area contributed by atoms with Crippen molar-refractivity contribution in [2.75, 3.05) is 37.2 Å². The highest BCUT2D eigenvalue weighted by molar-refractivity contribution is 8.01. The van der Waals surface area contributed by atoms with Gasteiger partial charge in [-0.1, -0.05) is 35.0 Å². The number of anilines is 1. The van der Waals surface area contributed by atoms with Crippen molar-refractivity contribution in [1.82, 2.24) is 15.0 Å². The number of aryl methyl sites for hydroxylation is 2. The van der Waals surface area contributed by atoms with Crippen molar-refractivity contribution in [3.63, 3.8) is 0 Å². The van der Waals surface area contributed by atoms with E-state index in [4.69, 9.17) is 4.52 Å². The molecule has 1 N–H and O–H groups in total. The molecule has 0 bridgehead atoms. The van der Waals surface area contributed by atoms with Crippen LogP contribution >= 0.6 is 11.8 Å². The second kappa shape index (κ2) is 10.6. The van der Waals surface area contributed by atoms with Gasteiger partial charge in [0.25, 0.3) is 0 Å². The van der Waals surface area contributed by atoms with Crippen LogP contribution in [0.1, 0.15) is 30.2 Å². The maximum Gasteiger partial charge on any atom is 0.238 e. The van der Waals surface area contributed by atoms with Crippen LogP contribution in [0.5, 0.6) is 0 Å². The number of hydrogen-bond donors (Lipinski definition) is 1. The van der Waals surface area contributed by atoms with Crippen molar-refractivity contribution in [2.45, 2.75) is 39.0 Å². The zero-order valence-electron chi connectivity index (χ0n) is 17.9. The molecule has 2 heterocycles. The molecule has 8 heteroatoms. The Bertz CT molecular complexity index is 852. The fourth-order valence-corrected chi connectivity index (χ4v) is 4.13. The maximum absolute atomic E-state index is 12.7. The topological polar surface area (TPSA) is 78.7 Å². The van der Waals surface area contributed by atoms with Crippen LogP contribution in [-0.4, -0.2) is 64.0 Å². The van der Waals surface area contributed by atoms with Crippen LogP contribution in [0, 0.1) is 13.8 Å². The van der Waals surface area contributed by atoms with E-state index in [2.05, 4.69) is 46.6 Å². The zero-order valence-corrected chi connectivity index (χ0v) is 18.7. The summed E-state index contributed by atoms with van der Waals surface area (Å²) in [7, 11) is 0. The Morgan fingerprint density at radius 3 is 2.63 bits per heavy atom. The molecule has 1 saturated heterocycles. The van der Waals surface area contributed by atoms with Gasteiger partial charge in [-0.2, -0.15) is 0 Å². The summed E-state index contributed by atoms with van der Waals surface area (Å²) in [5.41, 5.74) is 2.57. The first-order valence-corrected chi connectivity index (χ1v) is 11.4. The van der Waals surface area contributed by atoms with E-state index in [-0.39, 0.29) is 17.1 Å². The second-order valence-corrected chi connectivity index (χ2v) is 9.09. The monoisotopic (exact) mass is 430 g/mol. The molecule has 2 amide bonds. The largest absolute Gasteiger partial charge is 0.360 e. The fourth-order valence-electron chi connectivity index (χ4n) is 3.35. The van der Waals surface area contributed by atoms with E-state index in [1.165, 1.54) is 22.9 Å². The lowest BCUT2D eigenvalue weighted by Crippen LogP contribution is -2.37. The van der Waals surface area contributed by atoms with Crippen molar-refractivity contribution in [3.05, 3.63) is 47.2 Å². The summed E-state index contributed by atoms with van der Waals surface area (Å²) in [6.07, 6.45) is 0.962. The third-order valence-electron chi connectivity index (χ3n) is 5.17. The molecule has 7 nitrogen and oxygen atoms in total. The smallest absolute Gasteiger partial charge is 0.238 e. The Kier molecular flexibility index (Phi) is 7.93. The van der Waals surface area contributed by atoms with Gasteiger partial charge in [-0.25, -0.2) is 0 Å². The summed E-state index contributed by atoms with van der Waals surface area (Å²) in [5.74, 6) is 1.25. The summed E-state index contributed by atoms with van der Waals surface area (Å²) in [4.78, 5) is 29.3. The van der Waals surface area contributed by atoms with Crippen molar-refractivity contribution in [3.8, 4) is 0 Å². The predicted octanol–water partition coefficient (Wildman–Crippen LogP) is 3.09. The van der Waals surface area contributed by atoms with Gasteiger partial charge in [-0.05, 0) is 32.8 Å². The number of carbonyl (C=O) groups excluding carboxylic acids is 2. The molecule has 0 saturated carbocycles. The predicted molar refractivity (Wildman–Crippen MR) is 119 cm³/mol. The zero-order chi connectivity index (χ0) is 21.5. The molecule has 1 unspecified atom stereocenters. The van der Waals surface area contributed by atoms with Gasteiger partial charge in [0, 0.05) is 38.8 Å². The van der Waals surface area contributed by atoms with E-state index in [0.717, 1.165) is 39.1 Å². The Morgan fingerprint density at radius 2 is 1.93 bits per heavy atom. The quantitative estimate of drug-likeness (QED) is 0.727. The van der Waals surface area contributed by atoms with E-state index in [9.17, 15) is 9.59 Å². The fraction of sp³-hybridized carbons (Fsp3) is 0.500. The Morgan fingerprint density at radius 1 is 1.17 bits per heavy atom. The maximum atomic E-state index is 12.7. The number of benzene rings is 1. The van der Waals surface area contributed by atoms with Crippen LogP contribution in [0.2, 0.25) is 0 Å². The molecule has 30 heavy (non-hydrogen) atoms. The first-order valence-electron chi connectivity index (χ1n) is 10.3. The Labute approximate surface area is 182 Å². The van der Waals surface area contributed by atoms with Gasteiger partial charge in [0.2, 0.25) is 11.8 Å². The summed E-state index contributed by atoms with van der Waals surface area (Å²) in [6, 6.07) is 10.3. The van der Waals surface area contributed by atoms with Gasteiger partial charge in [0.15, 0.2) is 5.82 Å². The van der Waals surface area contributed by atoms with Crippen LogP contribution in [0.25, 0.3) is 0 Å². The minimum absolute atomic E-state index is 0.0918. The first kappa shape index (κ1) is 22.4. The number of amides is 2.